The third kappa shape index (κ3) is 5.09. The molecule has 0 unspecified atom stereocenters. The lowest BCUT2D eigenvalue weighted by molar-refractivity contribution is 0.136. The number of ether oxygens (including phenoxy) is 1. The fraction of sp³-hybridized carbons (Fsp3) is 0.500. The summed E-state index contributed by atoms with van der Waals surface area (Å²) in [6, 6.07) is 7.43. The van der Waals surface area contributed by atoms with Crippen LogP contribution in [0.4, 0.5) is 0 Å². The van der Waals surface area contributed by atoms with Crippen LogP contribution in [0, 0.1) is 0 Å². The highest BCUT2D eigenvalue weighted by molar-refractivity contribution is 7.99. The van der Waals surface area contributed by atoms with Gasteiger partial charge in [-0.25, -0.2) is 0 Å². The molecule has 0 atom stereocenters. The topological polar surface area (TPSA) is 29.5 Å². The number of thioether (sulfide) groups is 1. The summed E-state index contributed by atoms with van der Waals surface area (Å²) in [5.74, 6) is 1.36. The first-order chi connectivity index (χ1) is 7.34. The lowest BCUT2D eigenvalue weighted by Gasteiger charge is -2.04. The predicted octanol–water partition coefficient (Wildman–Crippen LogP) is 3.30. The van der Waals surface area contributed by atoms with E-state index in [9.17, 15) is 5.11 Å². The summed E-state index contributed by atoms with van der Waals surface area (Å²) in [5, 5.41) is 9.50. The van der Waals surface area contributed by atoms with Crippen LogP contribution in [0.3, 0.4) is 0 Å². The van der Waals surface area contributed by atoms with Crippen molar-refractivity contribution in [1.82, 2.24) is 0 Å². The van der Waals surface area contributed by atoms with Crippen LogP contribution >= 0.6 is 11.8 Å². The van der Waals surface area contributed by atoms with Gasteiger partial charge in [0.2, 0.25) is 0 Å². The lowest BCUT2D eigenvalue weighted by Crippen LogP contribution is -1.96. The second-order valence-electron chi connectivity index (χ2n) is 3.28. The Kier molecular flexibility index (Phi) is 6.28. The minimum absolute atomic E-state index is 0.372. The fourth-order valence-corrected chi connectivity index (χ4v) is 2.04. The molecular weight excluding hydrogens is 208 g/mol. The molecule has 0 amide bonds. The van der Waals surface area contributed by atoms with E-state index in [1.165, 1.54) is 0 Å². The quantitative estimate of drug-likeness (QED) is 0.571. The Balaban J connectivity index is 2.12. The van der Waals surface area contributed by atoms with Crippen molar-refractivity contribution < 1.29 is 9.84 Å². The normalized spacial score (nSPS) is 10.5. The van der Waals surface area contributed by atoms with Gasteiger partial charge in [-0.2, -0.15) is 0 Å². The smallest absolute Gasteiger partial charge is 0.129 e. The number of hydrogen-bond acceptors (Lipinski definition) is 3. The molecule has 84 valence electrons. The van der Waals surface area contributed by atoms with Gasteiger partial charge in [-0.1, -0.05) is 19.1 Å². The van der Waals surface area contributed by atoms with Crippen LogP contribution < -0.4 is 0 Å². The molecule has 1 rings (SSSR count). The first-order valence-electron chi connectivity index (χ1n) is 5.33. The maximum absolute atomic E-state index is 9.50. The van der Waals surface area contributed by atoms with Crippen LogP contribution in [0.1, 0.15) is 19.8 Å². The van der Waals surface area contributed by atoms with Gasteiger partial charge in [0.25, 0.3) is 0 Å². The molecule has 1 aromatic rings. The second-order valence-corrected chi connectivity index (χ2v) is 4.42. The molecule has 15 heavy (non-hydrogen) atoms. The number of rotatable bonds is 7. The molecule has 0 spiro atoms. The van der Waals surface area contributed by atoms with Gasteiger partial charge in [0.1, 0.15) is 5.75 Å². The maximum atomic E-state index is 9.50. The molecule has 0 radical (unpaired) electrons. The zero-order valence-corrected chi connectivity index (χ0v) is 9.93. The van der Waals surface area contributed by atoms with Crippen LogP contribution in [0.15, 0.2) is 29.2 Å². The highest BCUT2D eigenvalue weighted by Crippen LogP contribution is 2.27. The van der Waals surface area contributed by atoms with E-state index < -0.39 is 0 Å². The summed E-state index contributed by atoms with van der Waals surface area (Å²) in [7, 11) is 0. The molecule has 1 aromatic carbocycles. The molecule has 1 N–H and O–H groups in total. The summed E-state index contributed by atoms with van der Waals surface area (Å²) >= 11 is 1.68. The highest BCUT2D eigenvalue weighted by Gasteiger charge is 1.99. The van der Waals surface area contributed by atoms with Gasteiger partial charge in [-0.05, 0) is 25.0 Å². The summed E-state index contributed by atoms with van der Waals surface area (Å²) in [6.45, 7) is 3.77. The zero-order chi connectivity index (χ0) is 10.9. The predicted molar refractivity (Wildman–Crippen MR) is 64.6 cm³/mol. The van der Waals surface area contributed by atoms with Crippen molar-refractivity contribution in [2.24, 2.45) is 0 Å². The monoisotopic (exact) mass is 226 g/mol. The summed E-state index contributed by atoms with van der Waals surface area (Å²) < 4.78 is 5.38. The van der Waals surface area contributed by atoms with E-state index in [4.69, 9.17) is 4.74 Å². The molecule has 0 fully saturated rings. The van der Waals surface area contributed by atoms with E-state index in [1.807, 2.05) is 18.2 Å². The second kappa shape index (κ2) is 7.60. The number of para-hydroxylation sites is 1. The van der Waals surface area contributed by atoms with Gasteiger partial charge in [0.05, 0.1) is 0 Å². The Labute approximate surface area is 95.7 Å². The van der Waals surface area contributed by atoms with E-state index in [1.54, 1.807) is 17.8 Å². The maximum Gasteiger partial charge on any atom is 0.129 e. The molecule has 0 aromatic heterocycles. The standard InChI is InChI=1S/C12H18O2S/c1-2-8-14-9-5-10-15-12-7-4-3-6-11(12)13/h3-4,6-7,13H,2,5,8-10H2,1H3. The minimum atomic E-state index is 0.372. The summed E-state index contributed by atoms with van der Waals surface area (Å²) in [4.78, 5) is 0.952. The minimum Gasteiger partial charge on any atom is -0.507 e. The Morgan fingerprint density at radius 2 is 2.07 bits per heavy atom. The number of phenols is 1. The van der Waals surface area contributed by atoms with Crippen molar-refractivity contribution in [1.29, 1.82) is 0 Å². The van der Waals surface area contributed by atoms with E-state index in [2.05, 4.69) is 6.92 Å². The molecule has 3 heteroatoms. The average Bonchev–Trinajstić information content (AvgIpc) is 2.25. The number of hydrogen-bond donors (Lipinski definition) is 1. The summed E-state index contributed by atoms with van der Waals surface area (Å²) in [6.07, 6.45) is 2.10. The van der Waals surface area contributed by atoms with Crippen molar-refractivity contribution in [2.45, 2.75) is 24.7 Å². The van der Waals surface area contributed by atoms with Crippen LogP contribution in [0.5, 0.6) is 5.75 Å². The zero-order valence-electron chi connectivity index (χ0n) is 9.11. The molecule has 0 aliphatic rings. The van der Waals surface area contributed by atoms with E-state index in [-0.39, 0.29) is 0 Å². The van der Waals surface area contributed by atoms with E-state index in [0.29, 0.717) is 5.75 Å². The highest BCUT2D eigenvalue weighted by atomic mass is 32.2. The Hall–Kier alpha value is -0.670. The van der Waals surface area contributed by atoms with Gasteiger partial charge in [-0.15, -0.1) is 11.8 Å². The molecule has 0 aliphatic carbocycles. The average molecular weight is 226 g/mol. The van der Waals surface area contributed by atoms with E-state index in [0.717, 1.165) is 36.7 Å². The van der Waals surface area contributed by atoms with Crippen molar-refractivity contribution in [2.75, 3.05) is 19.0 Å². The van der Waals surface area contributed by atoms with Crippen LogP contribution in [-0.4, -0.2) is 24.1 Å². The van der Waals surface area contributed by atoms with Crippen molar-refractivity contribution >= 4 is 11.8 Å². The molecular formula is C12H18O2S. The number of phenolic OH excluding ortho intramolecular Hbond substituents is 1. The Bertz CT molecular complexity index is 276. The van der Waals surface area contributed by atoms with E-state index >= 15 is 0 Å². The SMILES string of the molecule is CCCOCCCSc1ccccc1O. The Morgan fingerprint density at radius 3 is 2.80 bits per heavy atom. The molecule has 0 aliphatic heterocycles. The van der Waals surface area contributed by atoms with Gasteiger partial charge in [0.15, 0.2) is 0 Å². The van der Waals surface area contributed by atoms with Crippen molar-refractivity contribution in [3.05, 3.63) is 24.3 Å². The Morgan fingerprint density at radius 1 is 1.27 bits per heavy atom. The molecule has 0 heterocycles. The first kappa shape index (κ1) is 12.4. The number of aromatic hydroxyl groups is 1. The third-order valence-electron chi connectivity index (χ3n) is 1.90. The van der Waals surface area contributed by atoms with Crippen molar-refractivity contribution in [3.63, 3.8) is 0 Å². The first-order valence-corrected chi connectivity index (χ1v) is 6.31. The molecule has 2 nitrogen and oxygen atoms in total. The van der Waals surface area contributed by atoms with Crippen LogP contribution in [-0.2, 0) is 4.74 Å². The molecule has 0 bridgehead atoms. The van der Waals surface area contributed by atoms with Crippen LogP contribution in [0.2, 0.25) is 0 Å². The van der Waals surface area contributed by atoms with Crippen molar-refractivity contribution in [3.8, 4) is 5.75 Å². The fourth-order valence-electron chi connectivity index (χ4n) is 1.17. The summed E-state index contributed by atoms with van der Waals surface area (Å²) in [5.41, 5.74) is 0. The van der Waals surface area contributed by atoms with Gasteiger partial charge >= 0.3 is 0 Å². The third-order valence-corrected chi connectivity index (χ3v) is 3.05. The largest absolute Gasteiger partial charge is 0.507 e. The van der Waals surface area contributed by atoms with Gasteiger partial charge in [-0.3, -0.25) is 0 Å². The number of benzene rings is 1. The lowest BCUT2D eigenvalue weighted by atomic mass is 10.3. The molecule has 0 saturated carbocycles. The van der Waals surface area contributed by atoms with Gasteiger partial charge in [0, 0.05) is 23.9 Å². The van der Waals surface area contributed by atoms with Gasteiger partial charge < -0.3 is 9.84 Å². The van der Waals surface area contributed by atoms with Crippen LogP contribution in [0.25, 0.3) is 0 Å². The molecule has 0 saturated heterocycles.